The van der Waals surface area contributed by atoms with Crippen molar-refractivity contribution in [3.8, 4) is 17.2 Å². The van der Waals surface area contributed by atoms with Gasteiger partial charge in [0.25, 0.3) is 0 Å². The second kappa shape index (κ2) is 7.44. The molecule has 0 unspecified atom stereocenters. The average molecular weight is 316 g/mol. The summed E-state index contributed by atoms with van der Waals surface area (Å²) in [5.74, 6) is 0.290. The van der Waals surface area contributed by atoms with Crippen LogP contribution in [0.4, 0.5) is 13.2 Å². The number of ether oxygens (including phenoxy) is 2. The van der Waals surface area contributed by atoms with E-state index < -0.39 is 18.6 Å². The van der Waals surface area contributed by atoms with Gasteiger partial charge in [0.15, 0.2) is 0 Å². The summed E-state index contributed by atoms with van der Waals surface area (Å²) >= 11 is 0. The van der Waals surface area contributed by atoms with Crippen LogP contribution < -0.4 is 15.2 Å². The zero-order valence-electron chi connectivity index (χ0n) is 11.0. The first kappa shape index (κ1) is 18.7. The fourth-order valence-electron chi connectivity index (χ4n) is 1.75. The molecule has 0 saturated heterocycles. The van der Waals surface area contributed by atoms with Crippen molar-refractivity contribution in [2.75, 3.05) is 14.2 Å². The van der Waals surface area contributed by atoms with Gasteiger partial charge in [0.05, 0.1) is 19.8 Å². The highest BCUT2D eigenvalue weighted by Crippen LogP contribution is 2.39. The van der Waals surface area contributed by atoms with E-state index in [-0.39, 0.29) is 36.1 Å². The number of nitrogens with two attached hydrogens (primary N) is 1. The van der Waals surface area contributed by atoms with Crippen LogP contribution in [0.15, 0.2) is 12.1 Å². The molecule has 0 spiro atoms. The van der Waals surface area contributed by atoms with Crippen molar-refractivity contribution >= 4 is 12.4 Å². The predicted octanol–water partition coefficient (Wildman–Crippen LogP) is 3.17. The molecule has 0 heterocycles. The lowest BCUT2D eigenvalue weighted by Crippen LogP contribution is -2.17. The van der Waals surface area contributed by atoms with E-state index in [1.54, 1.807) is 0 Å². The van der Waals surface area contributed by atoms with Crippen LogP contribution >= 0.6 is 12.4 Å². The summed E-state index contributed by atoms with van der Waals surface area (Å²) in [6.07, 6.45) is -5.56. The lowest BCUT2D eigenvalue weighted by molar-refractivity contribution is -0.136. The van der Waals surface area contributed by atoms with E-state index in [0.29, 0.717) is 5.56 Å². The van der Waals surface area contributed by atoms with Crippen molar-refractivity contribution in [1.82, 2.24) is 0 Å². The summed E-state index contributed by atoms with van der Waals surface area (Å²) in [6, 6.07) is 1.67. The van der Waals surface area contributed by atoms with Crippen LogP contribution in [0, 0.1) is 0 Å². The number of benzene rings is 1. The highest BCUT2D eigenvalue weighted by molar-refractivity contribution is 5.85. The Kier molecular flexibility index (Phi) is 6.95. The molecular formula is C12H17ClF3NO3. The third-order valence-corrected chi connectivity index (χ3v) is 2.64. The van der Waals surface area contributed by atoms with E-state index in [2.05, 4.69) is 0 Å². The zero-order valence-corrected chi connectivity index (χ0v) is 11.8. The maximum absolute atomic E-state index is 12.2. The first-order valence-electron chi connectivity index (χ1n) is 5.55. The largest absolute Gasteiger partial charge is 0.508 e. The third-order valence-electron chi connectivity index (χ3n) is 2.64. The first-order chi connectivity index (χ1) is 8.78. The fourth-order valence-corrected chi connectivity index (χ4v) is 1.75. The van der Waals surface area contributed by atoms with Crippen molar-refractivity contribution in [2.45, 2.75) is 25.1 Å². The molecule has 0 aliphatic rings. The summed E-state index contributed by atoms with van der Waals surface area (Å²) in [7, 11) is 2.68. The number of methoxy groups -OCH3 is 2. The van der Waals surface area contributed by atoms with Crippen LogP contribution in [-0.4, -0.2) is 25.5 Å². The molecule has 0 aromatic heterocycles. The molecular weight excluding hydrogens is 299 g/mol. The number of phenolic OH excluding ortho intramolecular Hbond substituents is 1. The van der Waals surface area contributed by atoms with E-state index in [1.165, 1.54) is 26.4 Å². The summed E-state index contributed by atoms with van der Waals surface area (Å²) in [6.45, 7) is 0. The lowest BCUT2D eigenvalue weighted by atomic mass is 10.00. The van der Waals surface area contributed by atoms with Gasteiger partial charge in [-0.2, -0.15) is 13.2 Å². The SMILES string of the molecule is COc1cc(O)cc(OC)c1[C@@H](N)CCC(F)(F)F.Cl. The number of hydrogen-bond acceptors (Lipinski definition) is 4. The minimum absolute atomic E-state index is 0. The first-order valence-corrected chi connectivity index (χ1v) is 5.55. The summed E-state index contributed by atoms with van der Waals surface area (Å²) in [4.78, 5) is 0. The van der Waals surface area contributed by atoms with Crippen LogP contribution in [0.1, 0.15) is 24.4 Å². The second-order valence-corrected chi connectivity index (χ2v) is 4.02. The van der Waals surface area contributed by atoms with E-state index in [4.69, 9.17) is 15.2 Å². The third kappa shape index (κ3) is 4.97. The van der Waals surface area contributed by atoms with Crippen LogP contribution in [0.2, 0.25) is 0 Å². The summed E-state index contributed by atoms with van der Waals surface area (Å²) in [5, 5.41) is 9.44. The van der Waals surface area contributed by atoms with Crippen molar-refractivity contribution < 1.29 is 27.8 Å². The number of aromatic hydroxyl groups is 1. The second-order valence-electron chi connectivity index (χ2n) is 4.02. The van der Waals surface area contributed by atoms with Gasteiger partial charge >= 0.3 is 6.18 Å². The van der Waals surface area contributed by atoms with Gasteiger partial charge in [0.2, 0.25) is 0 Å². The van der Waals surface area contributed by atoms with Gasteiger partial charge in [-0.05, 0) is 6.42 Å². The Morgan fingerprint density at radius 2 is 1.65 bits per heavy atom. The summed E-state index contributed by atoms with van der Waals surface area (Å²) < 4.78 is 46.6. The molecule has 0 bridgehead atoms. The number of halogens is 4. The van der Waals surface area contributed by atoms with Gasteiger partial charge in [-0.1, -0.05) is 0 Å². The smallest absolute Gasteiger partial charge is 0.389 e. The van der Waals surface area contributed by atoms with Crippen LogP contribution in [-0.2, 0) is 0 Å². The topological polar surface area (TPSA) is 64.7 Å². The molecule has 0 aliphatic carbocycles. The Balaban J connectivity index is 0.00000361. The highest BCUT2D eigenvalue weighted by atomic mass is 35.5. The van der Waals surface area contributed by atoms with E-state index in [0.717, 1.165) is 0 Å². The van der Waals surface area contributed by atoms with Gasteiger partial charge in [0, 0.05) is 24.6 Å². The molecule has 1 aromatic carbocycles. The monoisotopic (exact) mass is 315 g/mol. The molecule has 0 saturated carbocycles. The Hall–Kier alpha value is -1.34. The van der Waals surface area contributed by atoms with Crippen LogP contribution in [0.25, 0.3) is 0 Å². The lowest BCUT2D eigenvalue weighted by Gasteiger charge is -2.19. The molecule has 1 aromatic rings. The van der Waals surface area contributed by atoms with Crippen molar-refractivity contribution in [3.63, 3.8) is 0 Å². The number of phenols is 1. The van der Waals surface area contributed by atoms with E-state index in [1.807, 2.05) is 0 Å². The highest BCUT2D eigenvalue weighted by Gasteiger charge is 2.29. The molecule has 1 rings (SSSR count). The van der Waals surface area contributed by atoms with Gasteiger partial charge in [-0.3, -0.25) is 0 Å². The van der Waals surface area contributed by atoms with Crippen LogP contribution in [0.3, 0.4) is 0 Å². The maximum atomic E-state index is 12.2. The van der Waals surface area contributed by atoms with Gasteiger partial charge in [0.1, 0.15) is 17.2 Å². The van der Waals surface area contributed by atoms with Gasteiger partial charge in [-0.15, -0.1) is 12.4 Å². The standard InChI is InChI=1S/C12H16F3NO3.ClH/c1-18-9-5-7(17)6-10(19-2)11(9)8(16)3-4-12(13,14)15;/h5-6,8,17H,3-4,16H2,1-2H3;1H/t8-;/m0./s1. The number of hydrogen-bond donors (Lipinski definition) is 2. The molecule has 4 nitrogen and oxygen atoms in total. The molecule has 0 amide bonds. The van der Waals surface area contributed by atoms with Gasteiger partial charge < -0.3 is 20.3 Å². The minimum atomic E-state index is -4.27. The Morgan fingerprint density at radius 3 is 2.00 bits per heavy atom. The number of rotatable bonds is 5. The van der Waals surface area contributed by atoms with Crippen LogP contribution in [0.5, 0.6) is 17.2 Å². The average Bonchev–Trinajstić information content (AvgIpc) is 2.33. The zero-order chi connectivity index (χ0) is 14.6. The van der Waals surface area contributed by atoms with Crippen molar-refractivity contribution in [1.29, 1.82) is 0 Å². The molecule has 20 heavy (non-hydrogen) atoms. The fraction of sp³-hybridized carbons (Fsp3) is 0.500. The summed E-state index contributed by atoms with van der Waals surface area (Å²) in [5.41, 5.74) is 6.08. The predicted molar refractivity (Wildman–Crippen MR) is 70.7 cm³/mol. The molecule has 1 atom stereocenters. The molecule has 116 valence electrons. The molecule has 3 N–H and O–H groups in total. The molecule has 8 heteroatoms. The normalized spacial score (nSPS) is 12.5. The van der Waals surface area contributed by atoms with Crippen molar-refractivity contribution in [2.24, 2.45) is 5.73 Å². The molecule has 0 radical (unpaired) electrons. The van der Waals surface area contributed by atoms with E-state index >= 15 is 0 Å². The Bertz CT molecular complexity index is 415. The minimum Gasteiger partial charge on any atom is -0.508 e. The molecule has 0 fully saturated rings. The number of alkyl halides is 3. The quantitative estimate of drug-likeness (QED) is 0.876. The Labute approximate surface area is 121 Å². The maximum Gasteiger partial charge on any atom is 0.389 e. The Morgan fingerprint density at radius 1 is 1.20 bits per heavy atom. The van der Waals surface area contributed by atoms with Gasteiger partial charge in [-0.25, -0.2) is 0 Å². The molecule has 0 aliphatic heterocycles. The van der Waals surface area contributed by atoms with Crippen molar-refractivity contribution in [3.05, 3.63) is 17.7 Å². The van der Waals surface area contributed by atoms with E-state index in [9.17, 15) is 18.3 Å².